The minimum Gasteiger partial charge on any atom is -0.352 e. The van der Waals surface area contributed by atoms with Crippen molar-refractivity contribution in [3.63, 3.8) is 0 Å². The monoisotopic (exact) mass is 450 g/mol. The van der Waals surface area contributed by atoms with E-state index in [1.165, 1.54) is 18.6 Å². The molecular formula is C25H31FN6O. The maximum atomic E-state index is 13.5. The third-order valence-electron chi connectivity index (χ3n) is 6.90. The van der Waals surface area contributed by atoms with Gasteiger partial charge in [0.05, 0.1) is 16.8 Å². The van der Waals surface area contributed by atoms with Crippen LogP contribution in [0.15, 0.2) is 24.3 Å². The number of piperazine rings is 1. The molecule has 1 saturated heterocycles. The van der Waals surface area contributed by atoms with Crippen molar-refractivity contribution in [2.24, 2.45) is 5.92 Å². The van der Waals surface area contributed by atoms with Crippen LogP contribution in [-0.4, -0.2) is 56.7 Å². The number of rotatable bonds is 6. The summed E-state index contributed by atoms with van der Waals surface area (Å²) in [6.07, 6.45) is 6.12. The van der Waals surface area contributed by atoms with E-state index < -0.39 is 0 Å². The Hall–Kier alpha value is -3.03. The SMILES string of the molecule is CCCCc1nc(N2CCN(C(=O)C3CCC3)CC2)c2c(C)nn(-c3ccc(F)cc3)c2n1. The second-order valence-corrected chi connectivity index (χ2v) is 9.18. The van der Waals surface area contributed by atoms with Gasteiger partial charge in [0.15, 0.2) is 5.65 Å². The number of carbonyl (C=O) groups excluding carboxylic acids is 1. The van der Waals surface area contributed by atoms with Crippen LogP contribution in [0.1, 0.15) is 50.5 Å². The maximum Gasteiger partial charge on any atom is 0.225 e. The summed E-state index contributed by atoms with van der Waals surface area (Å²) in [5, 5.41) is 5.68. The first-order valence-corrected chi connectivity index (χ1v) is 12.1. The van der Waals surface area contributed by atoms with Gasteiger partial charge in [0, 0.05) is 38.5 Å². The Balaban J connectivity index is 1.49. The van der Waals surface area contributed by atoms with E-state index in [2.05, 4.69) is 11.8 Å². The Morgan fingerprint density at radius 3 is 2.45 bits per heavy atom. The molecule has 0 spiro atoms. The molecule has 1 saturated carbocycles. The molecule has 1 aliphatic carbocycles. The van der Waals surface area contributed by atoms with Crippen LogP contribution in [0.4, 0.5) is 10.2 Å². The molecule has 0 radical (unpaired) electrons. The molecule has 174 valence electrons. The molecule has 2 fully saturated rings. The number of aromatic nitrogens is 4. The number of halogens is 1. The lowest BCUT2D eigenvalue weighted by atomic mass is 9.84. The van der Waals surface area contributed by atoms with Gasteiger partial charge in [-0.25, -0.2) is 19.0 Å². The van der Waals surface area contributed by atoms with Gasteiger partial charge in [-0.1, -0.05) is 19.8 Å². The first kappa shape index (κ1) is 21.8. The standard InChI is InChI=1S/C25H31FN6O/c1-3-4-8-21-27-23(30-13-15-31(16-14-30)25(33)18-6-5-7-18)22-17(2)29-32(24(22)28-21)20-11-9-19(26)10-12-20/h9-12,18H,3-8,13-16H2,1-2H3. The maximum absolute atomic E-state index is 13.5. The van der Waals surface area contributed by atoms with E-state index in [9.17, 15) is 9.18 Å². The van der Waals surface area contributed by atoms with Crippen LogP contribution in [-0.2, 0) is 11.2 Å². The summed E-state index contributed by atoms with van der Waals surface area (Å²) in [6.45, 7) is 7.06. The van der Waals surface area contributed by atoms with Crippen molar-refractivity contribution in [1.29, 1.82) is 0 Å². The summed E-state index contributed by atoms with van der Waals surface area (Å²) in [7, 11) is 0. The second kappa shape index (κ2) is 9.08. The second-order valence-electron chi connectivity index (χ2n) is 9.18. The summed E-state index contributed by atoms with van der Waals surface area (Å²) in [4.78, 5) is 26.8. The summed E-state index contributed by atoms with van der Waals surface area (Å²) < 4.78 is 15.3. The number of anilines is 1. The fourth-order valence-electron chi connectivity index (χ4n) is 4.70. The largest absolute Gasteiger partial charge is 0.352 e. The first-order valence-electron chi connectivity index (χ1n) is 12.1. The van der Waals surface area contributed by atoms with Crippen molar-refractivity contribution in [2.75, 3.05) is 31.1 Å². The number of carbonyl (C=O) groups is 1. The number of unbranched alkanes of at least 4 members (excludes halogenated alkanes) is 1. The Morgan fingerprint density at radius 2 is 1.82 bits per heavy atom. The van der Waals surface area contributed by atoms with Gasteiger partial charge >= 0.3 is 0 Å². The van der Waals surface area contributed by atoms with Gasteiger partial charge in [-0.3, -0.25) is 4.79 Å². The molecule has 1 aliphatic heterocycles. The first-order chi connectivity index (χ1) is 16.0. The van der Waals surface area contributed by atoms with Gasteiger partial charge in [-0.2, -0.15) is 5.10 Å². The molecule has 1 amide bonds. The fraction of sp³-hybridized carbons (Fsp3) is 0.520. The molecule has 3 heterocycles. The Labute approximate surface area is 193 Å². The predicted molar refractivity (Wildman–Crippen MR) is 126 cm³/mol. The highest BCUT2D eigenvalue weighted by atomic mass is 19.1. The van der Waals surface area contributed by atoms with Crippen LogP contribution in [0.25, 0.3) is 16.7 Å². The number of hydrogen-bond acceptors (Lipinski definition) is 5. The van der Waals surface area contributed by atoms with Crippen molar-refractivity contribution < 1.29 is 9.18 Å². The topological polar surface area (TPSA) is 67.2 Å². The number of nitrogens with zero attached hydrogens (tertiary/aromatic N) is 6. The highest BCUT2D eigenvalue weighted by Crippen LogP contribution is 2.32. The zero-order valence-electron chi connectivity index (χ0n) is 19.4. The van der Waals surface area contributed by atoms with Crippen LogP contribution in [0.2, 0.25) is 0 Å². The van der Waals surface area contributed by atoms with Crippen LogP contribution >= 0.6 is 0 Å². The molecule has 7 nitrogen and oxygen atoms in total. The van der Waals surface area contributed by atoms with Crippen LogP contribution < -0.4 is 4.90 Å². The number of aryl methyl sites for hydroxylation is 2. The molecule has 3 aromatic rings. The third-order valence-corrected chi connectivity index (χ3v) is 6.90. The summed E-state index contributed by atoms with van der Waals surface area (Å²) in [5.41, 5.74) is 2.37. The van der Waals surface area contributed by atoms with Gasteiger partial charge in [-0.15, -0.1) is 0 Å². The summed E-state index contributed by atoms with van der Waals surface area (Å²) >= 11 is 0. The van der Waals surface area contributed by atoms with E-state index in [1.54, 1.807) is 16.8 Å². The lowest BCUT2D eigenvalue weighted by Gasteiger charge is -2.38. The normalized spacial score (nSPS) is 16.9. The van der Waals surface area contributed by atoms with E-state index >= 15 is 0 Å². The van der Waals surface area contributed by atoms with Crippen molar-refractivity contribution in [2.45, 2.75) is 52.4 Å². The molecule has 33 heavy (non-hydrogen) atoms. The smallest absolute Gasteiger partial charge is 0.225 e. The van der Waals surface area contributed by atoms with Crippen molar-refractivity contribution in [3.8, 4) is 5.69 Å². The molecule has 0 N–H and O–H groups in total. The van der Waals surface area contributed by atoms with Gasteiger partial charge < -0.3 is 9.80 Å². The van der Waals surface area contributed by atoms with E-state index in [0.29, 0.717) is 5.91 Å². The number of hydrogen-bond donors (Lipinski definition) is 0. The molecular weight excluding hydrogens is 419 g/mol. The molecule has 0 unspecified atom stereocenters. The van der Waals surface area contributed by atoms with E-state index in [4.69, 9.17) is 15.1 Å². The summed E-state index contributed by atoms with van der Waals surface area (Å²) in [6, 6.07) is 6.33. The molecule has 0 bridgehead atoms. The van der Waals surface area contributed by atoms with Crippen LogP contribution in [0, 0.1) is 18.7 Å². The van der Waals surface area contributed by atoms with Crippen molar-refractivity contribution >= 4 is 22.8 Å². The predicted octanol–water partition coefficient (Wildman–Crippen LogP) is 4.05. The molecule has 0 atom stereocenters. The average Bonchev–Trinajstić information content (AvgIpc) is 3.13. The number of benzene rings is 1. The van der Waals surface area contributed by atoms with Crippen LogP contribution in [0.5, 0.6) is 0 Å². The van der Waals surface area contributed by atoms with E-state index in [1.807, 2.05) is 11.8 Å². The highest BCUT2D eigenvalue weighted by molar-refractivity contribution is 5.91. The van der Waals surface area contributed by atoms with Gasteiger partial charge in [0.2, 0.25) is 5.91 Å². The lowest BCUT2D eigenvalue weighted by molar-refractivity contribution is -0.138. The molecule has 1 aromatic carbocycles. The van der Waals surface area contributed by atoms with Gasteiger partial charge in [-0.05, 0) is 50.5 Å². The fourth-order valence-corrected chi connectivity index (χ4v) is 4.70. The highest BCUT2D eigenvalue weighted by Gasteiger charge is 2.32. The molecule has 5 rings (SSSR count). The zero-order chi connectivity index (χ0) is 22.9. The Kier molecular flexibility index (Phi) is 6.00. The summed E-state index contributed by atoms with van der Waals surface area (Å²) in [5.74, 6) is 1.97. The molecule has 2 aromatic heterocycles. The minimum atomic E-state index is -0.278. The molecule has 8 heteroatoms. The quantitative estimate of drug-likeness (QED) is 0.567. The zero-order valence-corrected chi connectivity index (χ0v) is 19.4. The van der Waals surface area contributed by atoms with Crippen molar-refractivity contribution in [3.05, 3.63) is 41.6 Å². The Morgan fingerprint density at radius 1 is 1.09 bits per heavy atom. The average molecular weight is 451 g/mol. The number of fused-ring (bicyclic) bond motifs is 1. The minimum absolute atomic E-state index is 0.235. The van der Waals surface area contributed by atoms with E-state index in [-0.39, 0.29) is 11.7 Å². The van der Waals surface area contributed by atoms with E-state index in [0.717, 1.165) is 92.3 Å². The number of amides is 1. The van der Waals surface area contributed by atoms with Gasteiger partial charge in [0.25, 0.3) is 0 Å². The van der Waals surface area contributed by atoms with Crippen molar-refractivity contribution in [1.82, 2.24) is 24.6 Å². The molecule has 2 aliphatic rings. The van der Waals surface area contributed by atoms with Gasteiger partial charge in [0.1, 0.15) is 17.5 Å². The lowest BCUT2D eigenvalue weighted by Crippen LogP contribution is -2.51. The Bertz CT molecular complexity index is 1150. The third kappa shape index (κ3) is 4.18. The van der Waals surface area contributed by atoms with Crippen LogP contribution in [0.3, 0.4) is 0 Å².